The van der Waals surface area contributed by atoms with Gasteiger partial charge < -0.3 is 15.4 Å². The van der Waals surface area contributed by atoms with Crippen LogP contribution in [0, 0.1) is 5.92 Å². The number of rotatable bonds is 4. The van der Waals surface area contributed by atoms with Gasteiger partial charge in [0, 0.05) is 24.1 Å². The molecule has 0 spiro atoms. The number of fused-ring (bicyclic) bond motifs is 3. The van der Waals surface area contributed by atoms with Crippen molar-refractivity contribution in [3.63, 3.8) is 0 Å². The maximum atomic E-state index is 13.0. The van der Waals surface area contributed by atoms with Gasteiger partial charge in [-0.2, -0.15) is 0 Å². The molecule has 29 heavy (non-hydrogen) atoms. The molecular weight excluding hydrogens is 384 g/mol. The van der Waals surface area contributed by atoms with Gasteiger partial charge in [-0.05, 0) is 48.4 Å². The summed E-state index contributed by atoms with van der Waals surface area (Å²) in [5.74, 6) is 0.634. The molecule has 150 valence electrons. The maximum absolute atomic E-state index is 13.0. The molecule has 0 saturated carbocycles. The predicted molar refractivity (Wildman–Crippen MR) is 116 cm³/mol. The molecule has 3 aliphatic rings. The van der Waals surface area contributed by atoms with Gasteiger partial charge in [0.25, 0.3) is 5.91 Å². The van der Waals surface area contributed by atoms with Gasteiger partial charge in [0.2, 0.25) is 0 Å². The number of hydrogen-bond acceptors (Lipinski definition) is 3. The number of halogens is 1. The third-order valence-electron chi connectivity index (χ3n) is 6.40. The van der Waals surface area contributed by atoms with Gasteiger partial charge in [-0.15, -0.1) is 0 Å². The van der Waals surface area contributed by atoms with Crippen molar-refractivity contribution in [2.45, 2.75) is 37.3 Å². The molecule has 1 fully saturated rings. The lowest BCUT2D eigenvalue weighted by Crippen LogP contribution is -2.34. The van der Waals surface area contributed by atoms with Crippen LogP contribution in [0.1, 0.15) is 52.7 Å². The first-order valence-corrected chi connectivity index (χ1v) is 10.8. The highest BCUT2D eigenvalue weighted by molar-refractivity contribution is 6.31. The van der Waals surface area contributed by atoms with E-state index in [1.165, 1.54) is 5.56 Å². The molecule has 4 atom stereocenters. The molecule has 0 aromatic heterocycles. The van der Waals surface area contributed by atoms with E-state index < -0.39 is 0 Å². The molecule has 5 heteroatoms. The lowest BCUT2D eigenvalue weighted by atomic mass is 9.76. The SMILES string of the molecule is O=C(NCC1CCCO1)c1cccc2c1NC(c1ccccc1Cl)C1CC=CC21. The number of nitrogens with one attached hydrogen (secondary N) is 2. The molecule has 1 amide bonds. The smallest absolute Gasteiger partial charge is 0.253 e. The summed E-state index contributed by atoms with van der Waals surface area (Å²) in [6.07, 6.45) is 7.74. The van der Waals surface area contributed by atoms with Crippen LogP contribution < -0.4 is 10.6 Å². The topological polar surface area (TPSA) is 50.4 Å². The van der Waals surface area contributed by atoms with E-state index in [1.54, 1.807) is 0 Å². The summed E-state index contributed by atoms with van der Waals surface area (Å²) in [4.78, 5) is 13.0. The number of amides is 1. The van der Waals surface area contributed by atoms with Crippen LogP contribution in [0.5, 0.6) is 0 Å². The molecule has 4 unspecified atom stereocenters. The van der Waals surface area contributed by atoms with E-state index in [0.29, 0.717) is 23.9 Å². The molecule has 4 nitrogen and oxygen atoms in total. The quantitative estimate of drug-likeness (QED) is 0.694. The minimum atomic E-state index is -0.0526. The number of para-hydroxylation sites is 1. The summed E-state index contributed by atoms with van der Waals surface area (Å²) < 4.78 is 5.64. The van der Waals surface area contributed by atoms with Crippen molar-refractivity contribution < 1.29 is 9.53 Å². The fourth-order valence-electron chi connectivity index (χ4n) is 4.95. The Morgan fingerprint density at radius 3 is 2.86 bits per heavy atom. The van der Waals surface area contributed by atoms with E-state index >= 15 is 0 Å². The summed E-state index contributed by atoms with van der Waals surface area (Å²) >= 11 is 6.55. The van der Waals surface area contributed by atoms with Crippen molar-refractivity contribution in [1.29, 1.82) is 0 Å². The summed E-state index contributed by atoms with van der Waals surface area (Å²) in [5.41, 5.74) is 3.90. The Morgan fingerprint density at radius 1 is 1.17 bits per heavy atom. The van der Waals surface area contributed by atoms with Crippen molar-refractivity contribution in [3.05, 3.63) is 76.3 Å². The van der Waals surface area contributed by atoms with E-state index in [2.05, 4.69) is 34.9 Å². The lowest BCUT2D eigenvalue weighted by Gasteiger charge is -2.38. The van der Waals surface area contributed by atoms with E-state index in [4.69, 9.17) is 16.3 Å². The molecule has 0 radical (unpaired) electrons. The molecule has 2 aromatic rings. The first-order chi connectivity index (χ1) is 14.2. The lowest BCUT2D eigenvalue weighted by molar-refractivity contribution is 0.0858. The average Bonchev–Trinajstić information content (AvgIpc) is 3.43. The number of carbonyl (C=O) groups excluding carboxylic acids is 1. The van der Waals surface area contributed by atoms with Crippen LogP contribution in [0.3, 0.4) is 0 Å². The van der Waals surface area contributed by atoms with Crippen molar-refractivity contribution in [1.82, 2.24) is 5.32 Å². The normalized spacial score (nSPS) is 27.2. The van der Waals surface area contributed by atoms with Crippen molar-refractivity contribution in [2.24, 2.45) is 5.92 Å². The monoisotopic (exact) mass is 408 g/mol. The zero-order valence-corrected chi connectivity index (χ0v) is 17.0. The van der Waals surface area contributed by atoms with E-state index in [1.807, 2.05) is 30.3 Å². The highest BCUT2D eigenvalue weighted by atomic mass is 35.5. The number of ether oxygens (including phenoxy) is 1. The Hall–Kier alpha value is -2.30. The van der Waals surface area contributed by atoms with Crippen LogP contribution in [0.4, 0.5) is 5.69 Å². The second kappa shape index (κ2) is 7.85. The first-order valence-electron chi connectivity index (χ1n) is 10.4. The fourth-order valence-corrected chi connectivity index (χ4v) is 5.21. The molecule has 2 aliphatic heterocycles. The largest absolute Gasteiger partial charge is 0.377 e. The minimum absolute atomic E-state index is 0.0526. The van der Waals surface area contributed by atoms with Gasteiger partial charge in [0.05, 0.1) is 23.4 Å². The highest BCUT2D eigenvalue weighted by Gasteiger charge is 2.39. The minimum Gasteiger partial charge on any atom is -0.377 e. The van der Waals surface area contributed by atoms with Crippen molar-refractivity contribution >= 4 is 23.2 Å². The number of benzene rings is 2. The molecule has 1 aliphatic carbocycles. The van der Waals surface area contributed by atoms with Crippen LogP contribution >= 0.6 is 11.6 Å². The van der Waals surface area contributed by atoms with Gasteiger partial charge >= 0.3 is 0 Å². The zero-order valence-electron chi connectivity index (χ0n) is 16.2. The summed E-state index contributed by atoms with van der Waals surface area (Å²) in [5, 5.41) is 7.52. The highest BCUT2D eigenvalue weighted by Crippen LogP contribution is 2.51. The van der Waals surface area contributed by atoms with E-state index in [9.17, 15) is 4.79 Å². The molecule has 1 saturated heterocycles. The second-order valence-corrected chi connectivity index (χ2v) is 8.52. The van der Waals surface area contributed by atoms with Gasteiger partial charge in [-0.1, -0.05) is 54.1 Å². The molecule has 5 rings (SSSR count). The van der Waals surface area contributed by atoms with Crippen LogP contribution in [-0.4, -0.2) is 25.2 Å². The number of allylic oxidation sites excluding steroid dienone is 2. The van der Waals surface area contributed by atoms with Gasteiger partial charge in [0.1, 0.15) is 0 Å². The molecular formula is C24H25ClN2O2. The Morgan fingerprint density at radius 2 is 2.03 bits per heavy atom. The summed E-state index contributed by atoms with van der Waals surface area (Å²) in [6, 6.07) is 14.1. The number of hydrogen-bond donors (Lipinski definition) is 2. The molecule has 2 N–H and O–H groups in total. The predicted octanol–water partition coefficient (Wildman–Crippen LogP) is 5.08. The third kappa shape index (κ3) is 3.45. The van der Waals surface area contributed by atoms with Crippen molar-refractivity contribution in [2.75, 3.05) is 18.5 Å². The van der Waals surface area contributed by atoms with Gasteiger partial charge in [-0.25, -0.2) is 0 Å². The summed E-state index contributed by atoms with van der Waals surface area (Å²) in [7, 11) is 0. The first kappa shape index (κ1) is 18.7. The Labute approximate surface area is 176 Å². The van der Waals surface area contributed by atoms with Crippen LogP contribution in [-0.2, 0) is 4.74 Å². The fraction of sp³-hybridized carbons (Fsp3) is 0.375. The van der Waals surface area contributed by atoms with E-state index in [-0.39, 0.29) is 18.1 Å². The number of carbonyl (C=O) groups is 1. The number of anilines is 1. The molecule has 2 heterocycles. The maximum Gasteiger partial charge on any atom is 0.253 e. The zero-order chi connectivity index (χ0) is 19.8. The second-order valence-electron chi connectivity index (χ2n) is 8.11. The Kier molecular flexibility index (Phi) is 5.06. The molecule has 0 bridgehead atoms. The third-order valence-corrected chi connectivity index (χ3v) is 6.74. The Balaban J connectivity index is 1.47. The van der Waals surface area contributed by atoms with Gasteiger partial charge in [-0.3, -0.25) is 4.79 Å². The van der Waals surface area contributed by atoms with Crippen LogP contribution in [0.25, 0.3) is 0 Å². The van der Waals surface area contributed by atoms with Gasteiger partial charge in [0.15, 0.2) is 0 Å². The van der Waals surface area contributed by atoms with E-state index in [0.717, 1.165) is 42.1 Å². The summed E-state index contributed by atoms with van der Waals surface area (Å²) in [6.45, 7) is 1.35. The average molecular weight is 409 g/mol. The van der Waals surface area contributed by atoms with Crippen molar-refractivity contribution in [3.8, 4) is 0 Å². The molecule has 2 aromatic carbocycles. The Bertz CT molecular complexity index is 952. The van der Waals surface area contributed by atoms with Crippen LogP contribution in [0.2, 0.25) is 5.02 Å². The standard InChI is InChI=1S/C24H25ClN2O2/c25-21-12-2-1-7-19(21)22-17-9-3-8-16(17)18-10-4-11-20(23(18)27-22)24(28)26-14-15-6-5-13-29-15/h1-4,7-8,10-12,15-17,22,27H,5-6,9,13-14H2,(H,26,28). The van der Waals surface area contributed by atoms with Crippen LogP contribution in [0.15, 0.2) is 54.6 Å².